The highest BCUT2D eigenvalue weighted by Gasteiger charge is 2.28. The van der Waals surface area contributed by atoms with E-state index in [1.165, 1.54) is 0 Å². The largest absolute Gasteiger partial charge is 0.387 e. The number of aromatic nitrogens is 2. The molecule has 3 rings (SSSR count). The Morgan fingerprint density at radius 2 is 2.29 bits per heavy atom. The van der Waals surface area contributed by atoms with Crippen LogP contribution in [0.2, 0.25) is 0 Å². The first-order chi connectivity index (χ1) is 8.16. The van der Waals surface area contributed by atoms with E-state index in [1.807, 2.05) is 12.3 Å². The van der Waals surface area contributed by atoms with E-state index in [1.54, 1.807) is 16.6 Å². The SMILES string of the molecule is C=C1CN(C)C(=O)c2c3c(nn2C1)C=CNC3. The van der Waals surface area contributed by atoms with E-state index in [-0.39, 0.29) is 5.91 Å². The number of carbonyl (C=O) groups is 1. The average Bonchev–Trinajstić information content (AvgIpc) is 2.60. The van der Waals surface area contributed by atoms with Crippen molar-refractivity contribution in [2.45, 2.75) is 13.1 Å². The molecule has 1 aromatic heterocycles. The van der Waals surface area contributed by atoms with E-state index < -0.39 is 0 Å². The predicted molar refractivity (Wildman–Crippen MR) is 64.2 cm³/mol. The van der Waals surface area contributed by atoms with Gasteiger partial charge in [0, 0.05) is 25.7 Å². The highest BCUT2D eigenvalue weighted by Crippen LogP contribution is 2.23. The van der Waals surface area contributed by atoms with Crippen LogP contribution >= 0.6 is 0 Å². The molecular weight excluding hydrogens is 216 g/mol. The number of carbonyl (C=O) groups excluding carboxylic acids is 1. The Kier molecular flexibility index (Phi) is 2.07. The number of likely N-dealkylation sites (N-methyl/N-ethyl adjacent to an activating group) is 1. The van der Waals surface area contributed by atoms with Gasteiger partial charge in [-0.25, -0.2) is 0 Å². The lowest BCUT2D eigenvalue weighted by Gasteiger charge is -2.15. The Hall–Kier alpha value is -2.04. The zero-order valence-electron chi connectivity index (χ0n) is 9.73. The number of fused-ring (bicyclic) bond motifs is 3. The van der Waals surface area contributed by atoms with Crippen molar-refractivity contribution in [1.82, 2.24) is 20.0 Å². The molecule has 0 spiro atoms. The summed E-state index contributed by atoms with van der Waals surface area (Å²) >= 11 is 0. The smallest absolute Gasteiger partial charge is 0.272 e. The standard InChI is InChI=1S/C12H14N4O/c1-8-6-15(2)12(17)11-9-5-13-4-3-10(9)14-16(11)7-8/h3-4,13H,1,5-7H2,2H3. The molecule has 0 aromatic carbocycles. The third-order valence-corrected chi connectivity index (χ3v) is 3.10. The summed E-state index contributed by atoms with van der Waals surface area (Å²) in [4.78, 5) is 14.0. The minimum atomic E-state index is 0.0227. The van der Waals surface area contributed by atoms with Crippen LogP contribution in [0.15, 0.2) is 18.4 Å². The monoisotopic (exact) mass is 230 g/mol. The molecule has 0 atom stereocenters. The third-order valence-electron chi connectivity index (χ3n) is 3.10. The Balaban J connectivity index is 2.19. The summed E-state index contributed by atoms with van der Waals surface area (Å²) in [5, 5.41) is 7.59. The Morgan fingerprint density at radius 1 is 1.47 bits per heavy atom. The number of hydrogen-bond acceptors (Lipinski definition) is 3. The normalized spacial score (nSPS) is 18.5. The molecular formula is C12H14N4O. The number of rotatable bonds is 0. The minimum Gasteiger partial charge on any atom is -0.387 e. The molecule has 5 heteroatoms. The second kappa shape index (κ2) is 3.48. The highest BCUT2D eigenvalue weighted by molar-refractivity contribution is 5.95. The summed E-state index contributed by atoms with van der Waals surface area (Å²) in [5.74, 6) is 0.0227. The van der Waals surface area contributed by atoms with Crippen LogP contribution in [0.5, 0.6) is 0 Å². The minimum absolute atomic E-state index is 0.0227. The van der Waals surface area contributed by atoms with Crippen molar-refractivity contribution in [3.8, 4) is 0 Å². The van der Waals surface area contributed by atoms with Gasteiger partial charge in [0.2, 0.25) is 0 Å². The van der Waals surface area contributed by atoms with Crippen LogP contribution in [0.1, 0.15) is 21.7 Å². The second-order valence-electron chi connectivity index (χ2n) is 4.50. The maximum atomic E-state index is 12.3. The number of nitrogens with zero attached hydrogens (tertiary/aromatic N) is 3. The van der Waals surface area contributed by atoms with E-state index >= 15 is 0 Å². The lowest BCUT2D eigenvalue weighted by Crippen LogP contribution is -2.28. The molecule has 0 radical (unpaired) electrons. The highest BCUT2D eigenvalue weighted by atomic mass is 16.2. The van der Waals surface area contributed by atoms with Crippen molar-refractivity contribution in [2.24, 2.45) is 0 Å². The summed E-state index contributed by atoms with van der Waals surface area (Å²) in [6, 6.07) is 0. The molecule has 88 valence electrons. The molecule has 0 aliphatic carbocycles. The maximum absolute atomic E-state index is 12.3. The molecule has 1 aromatic rings. The van der Waals surface area contributed by atoms with Gasteiger partial charge in [-0.1, -0.05) is 6.58 Å². The maximum Gasteiger partial charge on any atom is 0.272 e. The van der Waals surface area contributed by atoms with Crippen molar-refractivity contribution in [2.75, 3.05) is 13.6 Å². The summed E-state index contributed by atoms with van der Waals surface area (Å²) < 4.78 is 1.77. The first kappa shape index (κ1) is 10.1. The van der Waals surface area contributed by atoms with Crippen LogP contribution < -0.4 is 5.32 Å². The van der Waals surface area contributed by atoms with Gasteiger partial charge in [0.1, 0.15) is 5.69 Å². The van der Waals surface area contributed by atoms with Gasteiger partial charge in [0.25, 0.3) is 5.91 Å². The van der Waals surface area contributed by atoms with Crippen LogP contribution in [-0.2, 0) is 13.1 Å². The fraction of sp³-hybridized carbons (Fsp3) is 0.333. The summed E-state index contributed by atoms with van der Waals surface area (Å²) in [5.41, 5.74) is 3.56. The van der Waals surface area contributed by atoms with Crippen molar-refractivity contribution >= 4 is 12.0 Å². The van der Waals surface area contributed by atoms with Gasteiger partial charge >= 0.3 is 0 Å². The Bertz CT molecular complexity index is 541. The van der Waals surface area contributed by atoms with E-state index in [0.717, 1.165) is 16.8 Å². The Labute approximate surface area is 99.4 Å². The van der Waals surface area contributed by atoms with Crippen molar-refractivity contribution in [3.63, 3.8) is 0 Å². The average molecular weight is 230 g/mol. The molecule has 17 heavy (non-hydrogen) atoms. The lowest BCUT2D eigenvalue weighted by molar-refractivity contribution is 0.0803. The van der Waals surface area contributed by atoms with E-state index in [0.29, 0.717) is 25.3 Å². The first-order valence-corrected chi connectivity index (χ1v) is 5.58. The zero-order valence-corrected chi connectivity index (χ0v) is 9.73. The van der Waals surface area contributed by atoms with E-state index in [2.05, 4.69) is 17.0 Å². The Morgan fingerprint density at radius 3 is 3.12 bits per heavy atom. The van der Waals surface area contributed by atoms with E-state index in [9.17, 15) is 4.79 Å². The van der Waals surface area contributed by atoms with Crippen molar-refractivity contribution in [3.05, 3.63) is 35.3 Å². The summed E-state index contributed by atoms with van der Waals surface area (Å²) in [7, 11) is 1.80. The van der Waals surface area contributed by atoms with Gasteiger partial charge in [-0.05, 0) is 17.8 Å². The molecule has 5 nitrogen and oxygen atoms in total. The lowest BCUT2D eigenvalue weighted by atomic mass is 10.1. The van der Waals surface area contributed by atoms with Crippen LogP contribution in [0.4, 0.5) is 0 Å². The molecule has 1 amide bonds. The molecule has 3 heterocycles. The summed E-state index contributed by atoms with van der Waals surface area (Å²) in [6.07, 6.45) is 3.76. The quantitative estimate of drug-likeness (QED) is 0.664. The van der Waals surface area contributed by atoms with E-state index in [4.69, 9.17) is 0 Å². The molecule has 0 saturated carbocycles. The topological polar surface area (TPSA) is 50.2 Å². The molecule has 1 N–H and O–H groups in total. The molecule has 0 saturated heterocycles. The fourth-order valence-electron chi connectivity index (χ4n) is 2.33. The number of amides is 1. The van der Waals surface area contributed by atoms with Crippen molar-refractivity contribution < 1.29 is 4.79 Å². The molecule has 2 aliphatic rings. The van der Waals surface area contributed by atoms with Gasteiger partial charge in [-0.2, -0.15) is 5.10 Å². The van der Waals surface area contributed by atoms with Crippen molar-refractivity contribution in [1.29, 1.82) is 0 Å². The predicted octanol–water partition coefficient (Wildman–Crippen LogP) is 0.599. The zero-order chi connectivity index (χ0) is 12.0. The van der Waals surface area contributed by atoms with Gasteiger partial charge in [0.15, 0.2) is 0 Å². The molecule has 0 fully saturated rings. The van der Waals surface area contributed by atoms with Crippen LogP contribution in [0.3, 0.4) is 0 Å². The van der Waals surface area contributed by atoms with Crippen LogP contribution in [-0.4, -0.2) is 34.2 Å². The van der Waals surface area contributed by atoms with Gasteiger partial charge < -0.3 is 10.2 Å². The molecule has 0 unspecified atom stereocenters. The fourth-order valence-corrected chi connectivity index (χ4v) is 2.33. The molecule has 0 bridgehead atoms. The first-order valence-electron chi connectivity index (χ1n) is 5.58. The van der Waals surface area contributed by atoms with Gasteiger partial charge in [-0.3, -0.25) is 9.48 Å². The van der Waals surface area contributed by atoms with Gasteiger partial charge in [0.05, 0.1) is 12.2 Å². The molecule has 2 aliphatic heterocycles. The number of nitrogens with one attached hydrogen (secondary N) is 1. The number of hydrogen-bond donors (Lipinski definition) is 1. The second-order valence-corrected chi connectivity index (χ2v) is 4.50. The van der Waals surface area contributed by atoms with Gasteiger partial charge in [-0.15, -0.1) is 0 Å². The summed E-state index contributed by atoms with van der Waals surface area (Å²) in [6.45, 7) is 5.85. The third kappa shape index (κ3) is 1.46. The van der Waals surface area contributed by atoms with Crippen LogP contribution in [0, 0.1) is 0 Å². The van der Waals surface area contributed by atoms with Crippen LogP contribution in [0.25, 0.3) is 6.08 Å².